The van der Waals surface area contributed by atoms with E-state index < -0.39 is 29.8 Å². The summed E-state index contributed by atoms with van der Waals surface area (Å²) >= 11 is 0. The minimum absolute atomic E-state index is 0.211. The van der Waals surface area contributed by atoms with Gasteiger partial charge in [-0.15, -0.1) is 0 Å². The van der Waals surface area contributed by atoms with Gasteiger partial charge in [-0.25, -0.2) is 4.79 Å². The second-order valence-electron chi connectivity index (χ2n) is 2.15. The number of rotatable bonds is 3. The van der Waals surface area contributed by atoms with Gasteiger partial charge < -0.3 is 10.8 Å². The van der Waals surface area contributed by atoms with Gasteiger partial charge in [0.05, 0.1) is 6.42 Å². The molecular formula is C6H6F3NO3. The van der Waals surface area contributed by atoms with Crippen molar-refractivity contribution in [1.29, 1.82) is 0 Å². The first-order valence-electron chi connectivity index (χ1n) is 3.01. The van der Waals surface area contributed by atoms with Crippen LogP contribution >= 0.6 is 0 Å². The van der Waals surface area contributed by atoms with Crippen molar-refractivity contribution in [3.63, 3.8) is 0 Å². The van der Waals surface area contributed by atoms with Crippen LogP contribution < -0.4 is 5.73 Å². The molecule has 0 aliphatic heterocycles. The maximum atomic E-state index is 11.7. The lowest BCUT2D eigenvalue weighted by Crippen LogP contribution is -2.18. The Morgan fingerprint density at radius 2 is 1.92 bits per heavy atom. The Kier molecular flexibility index (Phi) is 3.46. The highest BCUT2D eigenvalue weighted by atomic mass is 19.4. The molecule has 0 aliphatic rings. The van der Waals surface area contributed by atoms with Crippen molar-refractivity contribution in [2.75, 3.05) is 0 Å². The highest BCUT2D eigenvalue weighted by Crippen LogP contribution is 2.24. The predicted molar refractivity (Wildman–Crippen MR) is 35.6 cm³/mol. The molecule has 4 nitrogen and oxygen atoms in total. The zero-order valence-corrected chi connectivity index (χ0v) is 6.26. The fraction of sp³-hybridized carbons (Fsp3) is 0.333. The van der Waals surface area contributed by atoms with Gasteiger partial charge in [-0.2, -0.15) is 13.2 Å². The summed E-state index contributed by atoms with van der Waals surface area (Å²) in [6.07, 6.45) is -6.48. The van der Waals surface area contributed by atoms with Crippen LogP contribution in [-0.2, 0) is 9.59 Å². The number of carbonyl (C=O) groups is 2. The summed E-state index contributed by atoms with van der Waals surface area (Å²) in [5, 5.41) is 8.17. The summed E-state index contributed by atoms with van der Waals surface area (Å²) in [5.74, 6) is -1.74. The van der Waals surface area contributed by atoms with Gasteiger partial charge in [-0.3, -0.25) is 4.79 Å². The van der Waals surface area contributed by atoms with E-state index in [2.05, 4.69) is 0 Å². The number of halogens is 3. The van der Waals surface area contributed by atoms with Gasteiger partial charge in [0, 0.05) is 5.57 Å². The number of allylic oxidation sites excluding steroid dienone is 1. The summed E-state index contributed by atoms with van der Waals surface area (Å²) in [4.78, 5) is 20.1. The van der Waals surface area contributed by atoms with Crippen LogP contribution in [0, 0.1) is 0 Å². The number of nitrogens with two attached hydrogens (primary N) is 1. The maximum Gasteiger partial charge on any atom is 0.393 e. The molecule has 0 unspecified atom stereocenters. The number of carboxylic acid groups (broad SMARTS) is 1. The molecule has 3 N–H and O–H groups in total. The SMILES string of the molecule is NC(C(=O)O)=C(C=O)CC(F)(F)F. The van der Waals surface area contributed by atoms with Gasteiger partial charge in [0.15, 0.2) is 0 Å². The summed E-state index contributed by atoms with van der Waals surface area (Å²) in [6, 6.07) is 0. The third kappa shape index (κ3) is 4.14. The van der Waals surface area contributed by atoms with E-state index in [9.17, 15) is 22.8 Å². The van der Waals surface area contributed by atoms with Crippen molar-refractivity contribution < 1.29 is 27.9 Å². The number of carboxylic acids is 1. The van der Waals surface area contributed by atoms with Crippen LogP contribution in [0.2, 0.25) is 0 Å². The van der Waals surface area contributed by atoms with Gasteiger partial charge in [-0.1, -0.05) is 0 Å². The van der Waals surface area contributed by atoms with Crippen LogP contribution in [0.1, 0.15) is 6.42 Å². The van der Waals surface area contributed by atoms with Gasteiger partial charge in [0.1, 0.15) is 12.0 Å². The van der Waals surface area contributed by atoms with Crippen molar-refractivity contribution in [2.45, 2.75) is 12.6 Å². The molecule has 0 saturated carbocycles. The van der Waals surface area contributed by atoms with Gasteiger partial charge >= 0.3 is 12.1 Å². The maximum absolute atomic E-state index is 11.7. The van der Waals surface area contributed by atoms with E-state index in [1.807, 2.05) is 0 Å². The van der Waals surface area contributed by atoms with E-state index in [4.69, 9.17) is 10.8 Å². The van der Waals surface area contributed by atoms with Gasteiger partial charge in [0.2, 0.25) is 0 Å². The second-order valence-corrected chi connectivity index (χ2v) is 2.15. The molecule has 0 rings (SSSR count). The number of aliphatic carboxylic acids is 1. The molecule has 0 fully saturated rings. The van der Waals surface area contributed by atoms with Crippen LogP contribution in [0.3, 0.4) is 0 Å². The monoisotopic (exact) mass is 197 g/mol. The largest absolute Gasteiger partial charge is 0.477 e. The van der Waals surface area contributed by atoms with E-state index in [1.54, 1.807) is 0 Å². The molecule has 0 aromatic carbocycles. The number of carbonyl (C=O) groups excluding carboxylic acids is 1. The Morgan fingerprint density at radius 3 is 2.15 bits per heavy atom. The molecule has 0 saturated heterocycles. The minimum atomic E-state index is -4.64. The third-order valence-corrected chi connectivity index (χ3v) is 1.11. The number of hydrogen-bond acceptors (Lipinski definition) is 3. The number of aldehydes is 1. The minimum Gasteiger partial charge on any atom is -0.477 e. The average Bonchev–Trinajstić information content (AvgIpc) is 1.97. The van der Waals surface area contributed by atoms with Crippen LogP contribution in [0.25, 0.3) is 0 Å². The summed E-state index contributed by atoms with van der Waals surface area (Å²) in [5.41, 5.74) is 2.68. The Bertz CT molecular complexity index is 256. The van der Waals surface area contributed by atoms with Gasteiger partial charge in [0.25, 0.3) is 0 Å². The Morgan fingerprint density at radius 1 is 1.46 bits per heavy atom. The molecule has 13 heavy (non-hydrogen) atoms. The van der Waals surface area contributed by atoms with Crippen molar-refractivity contribution >= 4 is 12.3 Å². The lowest BCUT2D eigenvalue weighted by Gasteiger charge is -2.06. The zero-order valence-electron chi connectivity index (χ0n) is 6.26. The quantitative estimate of drug-likeness (QED) is 0.508. The predicted octanol–water partition coefficient (Wildman–Crippen LogP) is 0.435. The molecule has 0 spiro atoms. The molecule has 0 aromatic rings. The summed E-state index contributed by atoms with van der Waals surface area (Å²) in [7, 11) is 0. The molecule has 0 radical (unpaired) electrons. The van der Waals surface area contributed by atoms with Gasteiger partial charge in [-0.05, 0) is 0 Å². The highest BCUT2D eigenvalue weighted by Gasteiger charge is 2.30. The number of hydrogen-bond donors (Lipinski definition) is 2. The molecule has 0 heterocycles. The zero-order chi connectivity index (χ0) is 10.6. The fourth-order valence-corrected chi connectivity index (χ4v) is 0.554. The van der Waals surface area contributed by atoms with E-state index in [0.29, 0.717) is 0 Å². The smallest absolute Gasteiger partial charge is 0.393 e. The third-order valence-electron chi connectivity index (χ3n) is 1.11. The molecule has 7 heteroatoms. The summed E-state index contributed by atoms with van der Waals surface area (Å²) < 4.78 is 35.0. The summed E-state index contributed by atoms with van der Waals surface area (Å²) in [6.45, 7) is 0. The first kappa shape index (κ1) is 11.5. The molecular weight excluding hydrogens is 191 g/mol. The molecule has 0 bridgehead atoms. The molecule has 0 aliphatic carbocycles. The van der Waals surface area contributed by atoms with E-state index >= 15 is 0 Å². The second kappa shape index (κ2) is 3.92. The fourth-order valence-electron chi connectivity index (χ4n) is 0.554. The van der Waals surface area contributed by atoms with Crippen LogP contribution in [0.4, 0.5) is 13.2 Å². The van der Waals surface area contributed by atoms with E-state index in [1.165, 1.54) is 0 Å². The van der Waals surface area contributed by atoms with Crippen molar-refractivity contribution in [1.82, 2.24) is 0 Å². The van der Waals surface area contributed by atoms with Crippen molar-refractivity contribution in [3.8, 4) is 0 Å². The van der Waals surface area contributed by atoms with Crippen LogP contribution in [0.5, 0.6) is 0 Å². The molecule has 0 atom stereocenters. The Balaban J connectivity index is 4.81. The average molecular weight is 197 g/mol. The molecule has 74 valence electrons. The van der Waals surface area contributed by atoms with Crippen LogP contribution in [0.15, 0.2) is 11.3 Å². The first-order valence-corrected chi connectivity index (χ1v) is 3.01. The number of alkyl halides is 3. The van der Waals surface area contributed by atoms with Crippen molar-refractivity contribution in [3.05, 3.63) is 11.3 Å². The first-order chi connectivity index (χ1) is 5.78. The lowest BCUT2D eigenvalue weighted by molar-refractivity contribution is -0.134. The Hall–Kier alpha value is -1.53. The molecule has 0 amide bonds. The Labute approximate surface area is 70.8 Å². The van der Waals surface area contributed by atoms with E-state index in [0.717, 1.165) is 0 Å². The lowest BCUT2D eigenvalue weighted by atomic mass is 10.1. The van der Waals surface area contributed by atoms with Crippen molar-refractivity contribution in [2.24, 2.45) is 5.73 Å². The van der Waals surface area contributed by atoms with E-state index in [-0.39, 0.29) is 6.29 Å². The highest BCUT2D eigenvalue weighted by molar-refractivity contribution is 5.93. The normalized spacial score (nSPS) is 13.5. The topological polar surface area (TPSA) is 80.4 Å². The molecule has 0 aromatic heterocycles. The standard InChI is InChI=1S/C6H6F3NO3/c7-6(8,9)1-3(2-11)4(10)5(12)13/h2H,1,10H2,(H,12,13). The van der Waals surface area contributed by atoms with Crippen LogP contribution in [-0.4, -0.2) is 23.5 Å².